The molecule has 0 spiro atoms. The number of rotatable bonds is 1. The molecule has 1 unspecified atom stereocenters. The molecule has 1 aromatic rings. The van der Waals surface area contributed by atoms with E-state index in [-0.39, 0.29) is 12.1 Å². The summed E-state index contributed by atoms with van der Waals surface area (Å²) in [6, 6.07) is 0.667. The minimum Gasteiger partial charge on any atom is -0.444 e. The highest BCUT2D eigenvalue weighted by molar-refractivity contribution is 5.72. The van der Waals surface area contributed by atoms with Gasteiger partial charge in [0.1, 0.15) is 11.4 Å². The molecule has 0 aliphatic carbocycles. The van der Waals surface area contributed by atoms with E-state index in [1.165, 1.54) is 4.90 Å². The van der Waals surface area contributed by atoms with E-state index < -0.39 is 35.2 Å². The van der Waals surface area contributed by atoms with Gasteiger partial charge in [-0.3, -0.25) is 4.90 Å². The summed E-state index contributed by atoms with van der Waals surface area (Å²) >= 11 is 0. The summed E-state index contributed by atoms with van der Waals surface area (Å²) in [6.45, 7) is 5.36. The molecule has 3 nitrogen and oxygen atoms in total. The number of halogens is 3. The van der Waals surface area contributed by atoms with E-state index in [0.29, 0.717) is 6.07 Å². The van der Waals surface area contributed by atoms with Crippen LogP contribution in [0.15, 0.2) is 12.1 Å². The zero-order valence-corrected chi connectivity index (χ0v) is 10.8. The van der Waals surface area contributed by atoms with Crippen LogP contribution in [0.2, 0.25) is 0 Å². The first-order valence-electron chi connectivity index (χ1n) is 5.83. The van der Waals surface area contributed by atoms with Crippen LogP contribution in [0.4, 0.5) is 18.0 Å². The summed E-state index contributed by atoms with van der Waals surface area (Å²) in [5.74, 6) is -3.24. The fourth-order valence-electron chi connectivity index (χ4n) is 1.72. The molecule has 1 amide bonds. The van der Waals surface area contributed by atoms with Gasteiger partial charge in [-0.1, -0.05) is 0 Å². The van der Waals surface area contributed by atoms with Crippen molar-refractivity contribution in [3.63, 3.8) is 0 Å². The van der Waals surface area contributed by atoms with E-state index in [1.807, 2.05) is 0 Å². The highest BCUT2D eigenvalue weighted by Gasteiger charge is 2.43. The summed E-state index contributed by atoms with van der Waals surface area (Å²) in [6.07, 6.45) is -0.596. The van der Waals surface area contributed by atoms with Gasteiger partial charge in [-0.25, -0.2) is 18.0 Å². The molecule has 1 fully saturated rings. The van der Waals surface area contributed by atoms with Gasteiger partial charge in [0.15, 0.2) is 11.6 Å². The summed E-state index contributed by atoms with van der Waals surface area (Å²) in [5.41, 5.74) is -0.693. The van der Waals surface area contributed by atoms with Gasteiger partial charge in [0.25, 0.3) is 0 Å². The predicted molar refractivity (Wildman–Crippen MR) is 62.0 cm³/mol. The molecular weight excluding hydrogens is 259 g/mol. The second-order valence-electron chi connectivity index (χ2n) is 5.44. The normalized spacial score (nSPS) is 18.4. The minimum atomic E-state index is -1.24. The Balaban J connectivity index is 2.11. The zero-order valence-electron chi connectivity index (χ0n) is 10.8. The minimum absolute atomic E-state index is 0.0373. The molecule has 1 aliphatic heterocycles. The number of carbonyl (C=O) groups excluding carboxylic acids is 1. The molecule has 0 aromatic heterocycles. The van der Waals surface area contributed by atoms with Crippen molar-refractivity contribution in [3.05, 3.63) is 35.1 Å². The molecule has 0 N–H and O–H groups in total. The Morgan fingerprint density at radius 1 is 1.21 bits per heavy atom. The third-order valence-electron chi connectivity index (χ3n) is 2.64. The van der Waals surface area contributed by atoms with Crippen molar-refractivity contribution in [1.82, 2.24) is 4.90 Å². The van der Waals surface area contributed by atoms with Crippen LogP contribution >= 0.6 is 0 Å². The Hall–Kier alpha value is -1.72. The van der Waals surface area contributed by atoms with Crippen LogP contribution in [0.25, 0.3) is 0 Å². The number of amides is 1. The first kappa shape index (κ1) is 13.7. The van der Waals surface area contributed by atoms with Gasteiger partial charge in [0.2, 0.25) is 0 Å². The van der Waals surface area contributed by atoms with Crippen molar-refractivity contribution in [2.45, 2.75) is 32.4 Å². The summed E-state index contributed by atoms with van der Waals surface area (Å²) in [4.78, 5) is 12.9. The average Bonchev–Trinajstić information content (AvgIpc) is 3.00. The molecule has 19 heavy (non-hydrogen) atoms. The van der Waals surface area contributed by atoms with E-state index in [9.17, 15) is 18.0 Å². The van der Waals surface area contributed by atoms with E-state index in [4.69, 9.17) is 4.74 Å². The third kappa shape index (κ3) is 3.00. The number of hydrogen-bond acceptors (Lipinski definition) is 2. The van der Waals surface area contributed by atoms with Crippen LogP contribution in [0.1, 0.15) is 32.4 Å². The van der Waals surface area contributed by atoms with Crippen LogP contribution in [-0.4, -0.2) is 23.1 Å². The zero-order chi connectivity index (χ0) is 14.4. The largest absolute Gasteiger partial charge is 0.444 e. The molecule has 6 heteroatoms. The number of carbonyl (C=O) groups is 1. The fraction of sp³-hybridized carbons (Fsp3) is 0.462. The van der Waals surface area contributed by atoms with Gasteiger partial charge in [0.05, 0.1) is 6.04 Å². The Kier molecular flexibility index (Phi) is 3.20. The van der Waals surface area contributed by atoms with Gasteiger partial charge in [-0.2, -0.15) is 0 Å². The molecular formula is C13H14F3NO2. The lowest BCUT2D eigenvalue weighted by molar-refractivity contribution is 0.0406. The van der Waals surface area contributed by atoms with Crippen LogP contribution in [0.3, 0.4) is 0 Å². The van der Waals surface area contributed by atoms with E-state index >= 15 is 0 Å². The molecule has 1 aromatic carbocycles. The standard InChI is InChI=1S/C13H14F3NO2/c1-13(2,3)19-12(18)17-6-11(17)7-4-9(15)10(16)5-8(7)14/h4-5,11H,6H2,1-3H3. The van der Waals surface area contributed by atoms with Crippen LogP contribution in [0, 0.1) is 17.5 Å². The third-order valence-corrected chi connectivity index (χ3v) is 2.64. The molecule has 0 saturated carbocycles. The molecule has 104 valence electrons. The second kappa shape index (κ2) is 4.43. The molecule has 1 aliphatic rings. The number of nitrogens with zero attached hydrogens (tertiary/aromatic N) is 1. The lowest BCUT2D eigenvalue weighted by Crippen LogP contribution is -2.27. The van der Waals surface area contributed by atoms with Crippen molar-refractivity contribution >= 4 is 6.09 Å². The summed E-state index contributed by atoms with van der Waals surface area (Å²) in [7, 11) is 0. The van der Waals surface area contributed by atoms with Crippen molar-refractivity contribution in [2.75, 3.05) is 6.54 Å². The number of benzene rings is 1. The smallest absolute Gasteiger partial charge is 0.410 e. The average molecular weight is 273 g/mol. The molecule has 0 radical (unpaired) electrons. The first-order valence-corrected chi connectivity index (χ1v) is 5.83. The van der Waals surface area contributed by atoms with Crippen molar-refractivity contribution in [1.29, 1.82) is 0 Å². The SMILES string of the molecule is CC(C)(C)OC(=O)N1CC1c1cc(F)c(F)cc1F. The van der Waals surface area contributed by atoms with E-state index in [2.05, 4.69) is 0 Å². The van der Waals surface area contributed by atoms with Gasteiger partial charge in [-0.05, 0) is 26.8 Å². The molecule has 1 saturated heterocycles. The number of ether oxygens (including phenoxy) is 1. The van der Waals surface area contributed by atoms with Crippen LogP contribution in [-0.2, 0) is 4.74 Å². The number of hydrogen-bond donors (Lipinski definition) is 0. The van der Waals surface area contributed by atoms with Crippen LogP contribution < -0.4 is 0 Å². The highest BCUT2D eigenvalue weighted by atomic mass is 19.2. The van der Waals surface area contributed by atoms with Gasteiger partial charge >= 0.3 is 6.09 Å². The van der Waals surface area contributed by atoms with E-state index in [1.54, 1.807) is 20.8 Å². The van der Waals surface area contributed by atoms with Crippen molar-refractivity contribution < 1.29 is 22.7 Å². The predicted octanol–water partition coefficient (Wildman–Crippen LogP) is 3.40. The maximum Gasteiger partial charge on any atom is 0.410 e. The van der Waals surface area contributed by atoms with Crippen LogP contribution in [0.5, 0.6) is 0 Å². The maximum atomic E-state index is 13.5. The van der Waals surface area contributed by atoms with Gasteiger partial charge in [0, 0.05) is 18.2 Å². The Bertz CT molecular complexity index is 525. The topological polar surface area (TPSA) is 29.3 Å². The monoisotopic (exact) mass is 273 g/mol. The van der Waals surface area contributed by atoms with Gasteiger partial charge < -0.3 is 4.74 Å². The quantitative estimate of drug-likeness (QED) is 0.579. The second-order valence-corrected chi connectivity index (χ2v) is 5.44. The molecule has 1 atom stereocenters. The molecule has 0 bridgehead atoms. The Morgan fingerprint density at radius 2 is 1.79 bits per heavy atom. The summed E-state index contributed by atoms with van der Waals surface area (Å²) < 4.78 is 44.5. The fourth-order valence-corrected chi connectivity index (χ4v) is 1.72. The van der Waals surface area contributed by atoms with Crippen molar-refractivity contribution in [3.8, 4) is 0 Å². The van der Waals surface area contributed by atoms with E-state index in [0.717, 1.165) is 6.07 Å². The Morgan fingerprint density at radius 3 is 2.37 bits per heavy atom. The lowest BCUT2D eigenvalue weighted by Gasteiger charge is -2.20. The Labute approximate surface area is 109 Å². The maximum absolute atomic E-state index is 13.5. The lowest BCUT2D eigenvalue weighted by atomic mass is 10.1. The van der Waals surface area contributed by atoms with Crippen molar-refractivity contribution in [2.24, 2.45) is 0 Å². The highest BCUT2D eigenvalue weighted by Crippen LogP contribution is 2.38. The molecule has 2 rings (SSSR count). The molecule has 1 heterocycles. The summed E-state index contributed by atoms with van der Waals surface area (Å²) in [5, 5.41) is 0. The first-order chi connectivity index (χ1) is 8.69. The van der Waals surface area contributed by atoms with Gasteiger partial charge in [-0.15, -0.1) is 0 Å².